The molecule has 17 heavy (non-hydrogen) atoms. The van der Waals surface area contributed by atoms with Crippen molar-refractivity contribution in [2.45, 2.75) is 13.0 Å². The minimum absolute atomic E-state index is 0.273. The van der Waals surface area contributed by atoms with Crippen molar-refractivity contribution >= 4 is 11.6 Å². The van der Waals surface area contributed by atoms with Crippen LogP contribution in [0, 0.1) is 5.82 Å². The van der Waals surface area contributed by atoms with Gasteiger partial charge in [-0.3, -0.25) is 0 Å². The molecule has 2 heterocycles. The van der Waals surface area contributed by atoms with Gasteiger partial charge in [-0.1, -0.05) is 11.6 Å². The Kier molecular flexibility index (Phi) is 2.61. The molecule has 1 aliphatic rings. The lowest BCUT2D eigenvalue weighted by Gasteiger charge is -2.09. The molecule has 0 radical (unpaired) electrons. The van der Waals surface area contributed by atoms with Gasteiger partial charge in [-0.2, -0.15) is 5.10 Å². The number of halogens is 2. The number of ether oxygens (including phenoxy) is 1. The molecular formula is C12H10ClFN2O. The highest BCUT2D eigenvalue weighted by Gasteiger charge is 2.20. The lowest BCUT2D eigenvalue weighted by atomic mass is 10.2. The quantitative estimate of drug-likeness (QED) is 0.780. The van der Waals surface area contributed by atoms with Crippen LogP contribution in [0.2, 0.25) is 5.15 Å². The maximum atomic E-state index is 12.8. The summed E-state index contributed by atoms with van der Waals surface area (Å²) >= 11 is 6.24. The van der Waals surface area contributed by atoms with Crippen LogP contribution >= 0.6 is 11.6 Å². The standard InChI is InChI=1S/C12H10ClFN2O/c13-12-10-7-17-6-5-11(10)15-16(12)9-3-1-8(14)2-4-9/h1-4H,5-7H2. The third-order valence-corrected chi connectivity index (χ3v) is 3.19. The highest BCUT2D eigenvalue weighted by molar-refractivity contribution is 6.30. The molecule has 0 N–H and O–H groups in total. The van der Waals surface area contributed by atoms with E-state index in [2.05, 4.69) is 5.10 Å². The fourth-order valence-electron chi connectivity index (χ4n) is 1.91. The smallest absolute Gasteiger partial charge is 0.138 e. The van der Waals surface area contributed by atoms with Crippen molar-refractivity contribution in [1.29, 1.82) is 0 Å². The number of benzene rings is 1. The Labute approximate surface area is 103 Å². The Bertz CT molecular complexity index is 550. The van der Waals surface area contributed by atoms with Gasteiger partial charge in [0.15, 0.2) is 0 Å². The third-order valence-electron chi connectivity index (χ3n) is 2.80. The molecule has 0 saturated carbocycles. The summed E-state index contributed by atoms with van der Waals surface area (Å²) in [6.07, 6.45) is 0.767. The first-order chi connectivity index (χ1) is 8.25. The normalized spacial score (nSPS) is 14.7. The minimum atomic E-state index is -0.273. The van der Waals surface area contributed by atoms with Gasteiger partial charge in [-0.05, 0) is 24.3 Å². The van der Waals surface area contributed by atoms with Crippen LogP contribution in [0.1, 0.15) is 11.3 Å². The van der Waals surface area contributed by atoms with E-state index in [4.69, 9.17) is 16.3 Å². The molecule has 3 nitrogen and oxygen atoms in total. The molecule has 0 saturated heterocycles. The van der Waals surface area contributed by atoms with Crippen LogP contribution in [0.25, 0.3) is 5.69 Å². The molecule has 2 aromatic rings. The average Bonchev–Trinajstić information content (AvgIpc) is 2.69. The molecule has 3 rings (SSSR count). The third kappa shape index (κ3) is 1.83. The molecule has 0 bridgehead atoms. The lowest BCUT2D eigenvalue weighted by molar-refractivity contribution is 0.110. The van der Waals surface area contributed by atoms with E-state index in [0.29, 0.717) is 18.4 Å². The monoisotopic (exact) mass is 252 g/mol. The molecule has 0 fully saturated rings. The maximum Gasteiger partial charge on any atom is 0.138 e. The first-order valence-electron chi connectivity index (χ1n) is 5.35. The molecule has 1 aliphatic heterocycles. The molecule has 1 aromatic heterocycles. The van der Waals surface area contributed by atoms with Gasteiger partial charge < -0.3 is 4.74 Å². The summed E-state index contributed by atoms with van der Waals surface area (Å²) in [4.78, 5) is 0. The molecule has 0 spiro atoms. The Hall–Kier alpha value is -1.39. The van der Waals surface area contributed by atoms with Gasteiger partial charge in [-0.15, -0.1) is 0 Å². The van der Waals surface area contributed by atoms with E-state index in [1.54, 1.807) is 16.8 Å². The van der Waals surface area contributed by atoms with Gasteiger partial charge in [0.25, 0.3) is 0 Å². The van der Waals surface area contributed by atoms with Crippen LogP contribution in [0.3, 0.4) is 0 Å². The minimum Gasteiger partial charge on any atom is -0.376 e. The van der Waals surface area contributed by atoms with Crippen LogP contribution in [0.15, 0.2) is 24.3 Å². The first kappa shape index (κ1) is 10.7. The van der Waals surface area contributed by atoms with Crippen molar-refractivity contribution in [3.63, 3.8) is 0 Å². The van der Waals surface area contributed by atoms with Crippen molar-refractivity contribution in [3.05, 3.63) is 46.5 Å². The number of hydrogen-bond donors (Lipinski definition) is 0. The Balaban J connectivity index is 2.09. The lowest BCUT2D eigenvalue weighted by Crippen LogP contribution is -2.08. The van der Waals surface area contributed by atoms with Crippen LogP contribution in [0.5, 0.6) is 0 Å². The number of aromatic nitrogens is 2. The second-order valence-electron chi connectivity index (χ2n) is 3.91. The fraction of sp³-hybridized carbons (Fsp3) is 0.250. The largest absolute Gasteiger partial charge is 0.376 e. The van der Waals surface area contributed by atoms with Crippen molar-refractivity contribution in [2.75, 3.05) is 6.61 Å². The summed E-state index contributed by atoms with van der Waals surface area (Å²) in [5.41, 5.74) is 2.65. The topological polar surface area (TPSA) is 27.1 Å². The summed E-state index contributed by atoms with van der Waals surface area (Å²) < 4.78 is 19.8. The van der Waals surface area contributed by atoms with E-state index in [1.807, 2.05) is 0 Å². The number of rotatable bonds is 1. The van der Waals surface area contributed by atoms with Crippen molar-refractivity contribution in [3.8, 4) is 5.69 Å². The van der Waals surface area contributed by atoms with Crippen LogP contribution < -0.4 is 0 Å². The Morgan fingerprint density at radius 1 is 1.29 bits per heavy atom. The fourth-order valence-corrected chi connectivity index (χ4v) is 2.21. The zero-order valence-electron chi connectivity index (χ0n) is 8.99. The second kappa shape index (κ2) is 4.13. The predicted molar refractivity (Wildman–Crippen MR) is 61.9 cm³/mol. The predicted octanol–water partition coefficient (Wildman–Crippen LogP) is 2.74. The molecule has 0 atom stereocenters. The van der Waals surface area contributed by atoms with Gasteiger partial charge in [-0.25, -0.2) is 9.07 Å². The molecule has 0 aliphatic carbocycles. The zero-order valence-corrected chi connectivity index (χ0v) is 9.75. The molecular weight excluding hydrogens is 243 g/mol. The molecule has 1 aromatic carbocycles. The summed E-state index contributed by atoms with van der Waals surface area (Å²) in [7, 11) is 0. The van der Waals surface area contributed by atoms with E-state index in [-0.39, 0.29) is 5.82 Å². The van der Waals surface area contributed by atoms with Gasteiger partial charge in [0.1, 0.15) is 11.0 Å². The number of hydrogen-bond acceptors (Lipinski definition) is 2. The summed E-state index contributed by atoms with van der Waals surface area (Å²) in [5, 5.41) is 4.98. The average molecular weight is 253 g/mol. The van der Waals surface area contributed by atoms with E-state index < -0.39 is 0 Å². The van der Waals surface area contributed by atoms with E-state index >= 15 is 0 Å². The van der Waals surface area contributed by atoms with Gasteiger partial charge >= 0.3 is 0 Å². The van der Waals surface area contributed by atoms with Crippen LogP contribution in [-0.2, 0) is 17.8 Å². The van der Waals surface area contributed by atoms with Crippen molar-refractivity contribution in [2.24, 2.45) is 0 Å². The van der Waals surface area contributed by atoms with E-state index in [1.165, 1.54) is 12.1 Å². The maximum absolute atomic E-state index is 12.8. The van der Waals surface area contributed by atoms with Gasteiger partial charge in [0.05, 0.1) is 24.6 Å². The van der Waals surface area contributed by atoms with Gasteiger partial charge in [0.2, 0.25) is 0 Å². The SMILES string of the molecule is Fc1ccc(-n2nc3c(c2Cl)COCC3)cc1. The van der Waals surface area contributed by atoms with E-state index in [0.717, 1.165) is 23.4 Å². The Morgan fingerprint density at radius 3 is 2.76 bits per heavy atom. The number of nitrogens with zero attached hydrogens (tertiary/aromatic N) is 2. The van der Waals surface area contributed by atoms with Gasteiger partial charge in [0, 0.05) is 12.0 Å². The first-order valence-corrected chi connectivity index (χ1v) is 5.73. The molecule has 88 valence electrons. The number of fused-ring (bicyclic) bond motifs is 1. The molecule has 0 amide bonds. The Morgan fingerprint density at radius 2 is 2.06 bits per heavy atom. The molecule has 5 heteroatoms. The summed E-state index contributed by atoms with van der Waals surface area (Å²) in [6, 6.07) is 6.09. The van der Waals surface area contributed by atoms with Crippen molar-refractivity contribution < 1.29 is 9.13 Å². The zero-order chi connectivity index (χ0) is 11.8. The van der Waals surface area contributed by atoms with E-state index in [9.17, 15) is 4.39 Å². The molecule has 0 unspecified atom stereocenters. The van der Waals surface area contributed by atoms with Crippen LogP contribution in [-0.4, -0.2) is 16.4 Å². The van der Waals surface area contributed by atoms with Crippen LogP contribution in [0.4, 0.5) is 4.39 Å². The summed E-state index contributed by atoms with van der Waals surface area (Å²) in [6.45, 7) is 1.17. The highest BCUT2D eigenvalue weighted by atomic mass is 35.5. The highest BCUT2D eigenvalue weighted by Crippen LogP contribution is 2.27. The summed E-state index contributed by atoms with van der Waals surface area (Å²) in [5.74, 6) is -0.273. The second-order valence-corrected chi connectivity index (χ2v) is 4.26. The van der Waals surface area contributed by atoms with Crippen molar-refractivity contribution in [1.82, 2.24) is 9.78 Å².